The Labute approximate surface area is 243 Å². The van der Waals surface area contributed by atoms with Crippen molar-refractivity contribution in [3.63, 3.8) is 0 Å². The molecule has 7 nitrogen and oxygen atoms in total. The van der Waals surface area contributed by atoms with E-state index in [0.29, 0.717) is 17.0 Å². The molecule has 2 aliphatic heterocycles. The molecule has 5 aliphatic rings. The minimum Gasteiger partial charge on any atom is -0.508 e. The van der Waals surface area contributed by atoms with E-state index in [1.807, 2.05) is 6.08 Å². The summed E-state index contributed by atoms with van der Waals surface area (Å²) in [6, 6.07) is 4.31. The molecule has 11 heteroatoms. The second-order valence-corrected chi connectivity index (χ2v) is 13.2. The van der Waals surface area contributed by atoms with E-state index in [9.17, 15) is 24.3 Å². The molecule has 3 aliphatic carbocycles. The summed E-state index contributed by atoms with van der Waals surface area (Å²) in [5.74, 6) is -4.84. The zero-order chi connectivity index (χ0) is 27.1. The maximum Gasteiger partial charge on any atom is 0.254 e. The number of phenolic OH excluding ortho intramolecular Hbond substituents is 1. The van der Waals surface area contributed by atoms with Crippen molar-refractivity contribution in [3.8, 4) is 5.75 Å². The number of likely N-dealkylation sites (tertiary alicyclic amines) is 2. The lowest BCUT2D eigenvalue weighted by molar-refractivity contribution is -0.144. The third-order valence-electron chi connectivity index (χ3n) is 9.29. The van der Waals surface area contributed by atoms with Crippen LogP contribution in [0, 0.1) is 17.8 Å². The number of fused-ring (bicyclic) bond motifs is 4. The molecule has 2 saturated carbocycles. The van der Waals surface area contributed by atoms with Crippen LogP contribution in [0.1, 0.15) is 56.4 Å². The van der Waals surface area contributed by atoms with Crippen LogP contribution in [-0.4, -0.2) is 59.8 Å². The number of aromatic hydroxyl groups is 1. The maximum atomic E-state index is 14.0. The molecule has 2 heterocycles. The van der Waals surface area contributed by atoms with Gasteiger partial charge in [0.2, 0.25) is 11.8 Å². The minimum atomic E-state index is -1.97. The van der Waals surface area contributed by atoms with E-state index in [1.165, 1.54) is 23.1 Å². The molecule has 202 valence electrons. The van der Waals surface area contributed by atoms with Crippen molar-refractivity contribution < 1.29 is 24.3 Å². The fraction of sp³-hybridized carbons (Fsp3) is 0.556. The number of phenols is 1. The number of carbonyl (C=O) groups excluding carboxylic acids is 4. The van der Waals surface area contributed by atoms with Gasteiger partial charge in [0, 0.05) is 22.5 Å². The van der Waals surface area contributed by atoms with Crippen LogP contribution < -0.4 is 0 Å². The number of nitrogens with zero attached hydrogens (tertiary/aromatic N) is 2. The molecular weight excluding hydrogens is 619 g/mol. The van der Waals surface area contributed by atoms with E-state index in [1.54, 1.807) is 0 Å². The molecule has 38 heavy (non-hydrogen) atoms. The van der Waals surface area contributed by atoms with Gasteiger partial charge in [0.15, 0.2) is 9.75 Å². The Morgan fingerprint density at radius 3 is 2.39 bits per heavy atom. The summed E-state index contributed by atoms with van der Waals surface area (Å²) in [7, 11) is 0. The van der Waals surface area contributed by atoms with E-state index in [0.717, 1.165) is 37.0 Å². The third-order valence-corrected chi connectivity index (χ3v) is 11.4. The number of amides is 4. The number of benzene rings is 1. The molecule has 0 spiro atoms. The molecule has 4 fully saturated rings. The van der Waals surface area contributed by atoms with Gasteiger partial charge in [-0.15, -0.1) is 23.2 Å². The van der Waals surface area contributed by atoms with Crippen LogP contribution in [0.25, 0.3) is 0 Å². The number of carbonyl (C=O) groups is 4. The van der Waals surface area contributed by atoms with Crippen molar-refractivity contribution in [2.75, 3.05) is 5.45 Å². The van der Waals surface area contributed by atoms with Crippen molar-refractivity contribution in [1.82, 2.24) is 9.80 Å². The molecule has 0 unspecified atom stereocenters. The quantitative estimate of drug-likeness (QED) is 0.214. The van der Waals surface area contributed by atoms with E-state index >= 15 is 0 Å². The van der Waals surface area contributed by atoms with Crippen LogP contribution in [0.3, 0.4) is 0 Å². The highest BCUT2D eigenvalue weighted by Crippen LogP contribution is 2.66. The number of allylic oxidation sites excluding steroid dienone is 2. The van der Waals surface area contributed by atoms with Crippen LogP contribution in [0.2, 0.25) is 5.02 Å². The van der Waals surface area contributed by atoms with Gasteiger partial charge < -0.3 is 5.11 Å². The summed E-state index contributed by atoms with van der Waals surface area (Å²) in [6.07, 6.45) is 6.70. The molecule has 1 aromatic carbocycles. The molecule has 2 saturated heterocycles. The summed E-state index contributed by atoms with van der Waals surface area (Å²) >= 11 is 23.9. The van der Waals surface area contributed by atoms with E-state index in [-0.39, 0.29) is 41.0 Å². The number of alkyl halides is 3. The standard InChI is InChI=1S/C27H26BrCl3N2O5/c28-12-32-24(37)26(30)11-18-15(21(27(26,31)25(32)38)17-10-13(29)6-9-19(17)34)7-8-16-20(18)23(36)33(22(16)35)14-4-2-1-3-5-14/h6-7,9-10,14,16,18,20-21,34H,1-5,8,11-12H2/t16-,18+,20-,21+,26+,27-/m0/s1. The van der Waals surface area contributed by atoms with Crippen molar-refractivity contribution >= 4 is 74.4 Å². The number of imide groups is 2. The summed E-state index contributed by atoms with van der Waals surface area (Å²) < 4.78 is 0. The van der Waals surface area contributed by atoms with Gasteiger partial charge in [-0.05, 0) is 49.8 Å². The van der Waals surface area contributed by atoms with Crippen LogP contribution in [0.15, 0.2) is 29.8 Å². The van der Waals surface area contributed by atoms with E-state index < -0.39 is 45.2 Å². The average Bonchev–Trinajstić information content (AvgIpc) is 3.24. The Hall–Kier alpha value is -1.61. The fourth-order valence-electron chi connectivity index (χ4n) is 7.58. The number of hydrogen-bond acceptors (Lipinski definition) is 5. The monoisotopic (exact) mass is 642 g/mol. The average molecular weight is 645 g/mol. The zero-order valence-electron chi connectivity index (χ0n) is 20.3. The Bertz CT molecular complexity index is 1300. The van der Waals surface area contributed by atoms with Crippen LogP contribution >= 0.6 is 50.7 Å². The lowest BCUT2D eigenvalue weighted by Gasteiger charge is -2.50. The normalized spacial score (nSPS) is 37.3. The van der Waals surface area contributed by atoms with Gasteiger partial charge in [-0.25, -0.2) is 0 Å². The van der Waals surface area contributed by atoms with Crippen molar-refractivity contribution in [3.05, 3.63) is 40.4 Å². The van der Waals surface area contributed by atoms with Crippen LogP contribution in [0.5, 0.6) is 5.75 Å². The highest BCUT2D eigenvalue weighted by atomic mass is 79.9. The second-order valence-electron chi connectivity index (χ2n) is 11.0. The highest BCUT2D eigenvalue weighted by molar-refractivity contribution is 9.09. The molecule has 0 aromatic heterocycles. The Morgan fingerprint density at radius 1 is 1.00 bits per heavy atom. The summed E-state index contributed by atoms with van der Waals surface area (Å²) in [5.41, 5.74) is 0.787. The maximum absolute atomic E-state index is 14.0. The predicted molar refractivity (Wildman–Crippen MR) is 145 cm³/mol. The number of hydrogen-bond donors (Lipinski definition) is 1. The first kappa shape index (κ1) is 26.6. The van der Waals surface area contributed by atoms with Gasteiger partial charge in [-0.2, -0.15) is 0 Å². The second kappa shape index (κ2) is 9.22. The molecule has 0 bridgehead atoms. The van der Waals surface area contributed by atoms with Crippen molar-refractivity contribution in [2.24, 2.45) is 17.8 Å². The van der Waals surface area contributed by atoms with Gasteiger partial charge >= 0.3 is 0 Å². The lowest BCUT2D eigenvalue weighted by atomic mass is 9.56. The van der Waals surface area contributed by atoms with Gasteiger partial charge in [0.25, 0.3) is 11.8 Å². The topological polar surface area (TPSA) is 95.0 Å². The van der Waals surface area contributed by atoms with E-state index in [4.69, 9.17) is 34.8 Å². The summed E-state index contributed by atoms with van der Waals surface area (Å²) in [5, 5.41) is 11.2. The summed E-state index contributed by atoms with van der Waals surface area (Å²) in [6.45, 7) is 0. The SMILES string of the molecule is O=C1[C@H]2[C@H](CC=C3[C@H]2C[C@@]2(Cl)C(=O)N(CBr)C(=O)[C@@]2(Cl)[C@H]3c2cc(Cl)ccc2O)C(=O)N1C1CCCCC1. The largest absolute Gasteiger partial charge is 0.508 e. The first-order valence-electron chi connectivity index (χ1n) is 12.9. The van der Waals surface area contributed by atoms with Gasteiger partial charge in [0.05, 0.1) is 17.3 Å². The molecule has 0 radical (unpaired) electrons. The Morgan fingerprint density at radius 2 is 1.71 bits per heavy atom. The summed E-state index contributed by atoms with van der Waals surface area (Å²) in [4.78, 5) is 53.5. The van der Waals surface area contributed by atoms with Gasteiger partial charge in [-0.3, -0.25) is 29.0 Å². The smallest absolute Gasteiger partial charge is 0.254 e. The highest BCUT2D eigenvalue weighted by Gasteiger charge is 2.76. The lowest BCUT2D eigenvalue weighted by Crippen LogP contribution is -2.60. The molecule has 1 N–H and O–H groups in total. The molecule has 6 rings (SSSR count). The first-order valence-corrected chi connectivity index (χ1v) is 15.2. The predicted octanol–water partition coefficient (Wildman–Crippen LogP) is 5.09. The Balaban J connectivity index is 1.51. The van der Waals surface area contributed by atoms with Gasteiger partial charge in [0.1, 0.15) is 5.75 Å². The minimum absolute atomic E-state index is 0.0749. The van der Waals surface area contributed by atoms with Gasteiger partial charge in [-0.1, -0.05) is 58.4 Å². The number of halogens is 4. The zero-order valence-corrected chi connectivity index (χ0v) is 24.2. The van der Waals surface area contributed by atoms with Crippen LogP contribution in [0.4, 0.5) is 0 Å². The fourth-order valence-corrected chi connectivity index (χ4v) is 9.18. The third kappa shape index (κ3) is 3.39. The molecule has 6 atom stereocenters. The Kier molecular flexibility index (Phi) is 6.45. The van der Waals surface area contributed by atoms with Crippen molar-refractivity contribution in [1.29, 1.82) is 0 Å². The molecular formula is C27H26BrCl3N2O5. The van der Waals surface area contributed by atoms with Crippen LogP contribution in [-0.2, 0) is 19.2 Å². The molecule has 4 amide bonds. The number of rotatable bonds is 3. The molecule has 1 aromatic rings. The van der Waals surface area contributed by atoms with E-state index in [2.05, 4.69) is 15.9 Å². The van der Waals surface area contributed by atoms with Crippen molar-refractivity contribution in [2.45, 2.75) is 66.7 Å². The first-order chi connectivity index (χ1) is 18.1.